The minimum Gasteiger partial charge on any atom is -0.497 e. The zero-order chi connectivity index (χ0) is 15.2. The Morgan fingerprint density at radius 3 is 2.71 bits per heavy atom. The molecule has 0 saturated heterocycles. The molecule has 1 amide bonds. The van der Waals surface area contributed by atoms with Gasteiger partial charge in [0.05, 0.1) is 19.7 Å². The van der Waals surface area contributed by atoms with Crippen LogP contribution in [0.3, 0.4) is 0 Å². The molecule has 1 aromatic carbocycles. The van der Waals surface area contributed by atoms with Gasteiger partial charge in [0.25, 0.3) is 0 Å². The number of benzene rings is 1. The molecule has 0 fully saturated rings. The van der Waals surface area contributed by atoms with Gasteiger partial charge in [-0.3, -0.25) is 4.79 Å². The molecule has 0 saturated carbocycles. The number of carbonyl (C=O) groups excluding carboxylic acids is 1. The van der Waals surface area contributed by atoms with Gasteiger partial charge in [-0.25, -0.2) is 9.67 Å². The van der Waals surface area contributed by atoms with E-state index in [2.05, 4.69) is 15.4 Å². The molecule has 0 aliphatic heterocycles. The molecule has 0 aliphatic rings. The molecule has 1 atom stereocenters. The van der Waals surface area contributed by atoms with Crippen LogP contribution in [0.4, 0.5) is 0 Å². The lowest BCUT2D eigenvalue weighted by Gasteiger charge is -2.14. The molecular weight excluding hydrogens is 268 g/mol. The SMILES string of the molecule is CCC(=O)NC(C)c1ncnn1Cc1ccc(OC)cc1. The first kappa shape index (κ1) is 15.0. The number of aromatic nitrogens is 3. The van der Waals surface area contributed by atoms with Crippen molar-refractivity contribution in [3.63, 3.8) is 0 Å². The third-order valence-electron chi connectivity index (χ3n) is 3.22. The molecule has 0 spiro atoms. The summed E-state index contributed by atoms with van der Waals surface area (Å²) >= 11 is 0. The highest BCUT2D eigenvalue weighted by Crippen LogP contribution is 2.14. The van der Waals surface area contributed by atoms with Gasteiger partial charge in [-0.05, 0) is 24.6 Å². The number of rotatable bonds is 6. The number of nitrogens with zero attached hydrogens (tertiary/aromatic N) is 3. The Kier molecular flexibility index (Phi) is 4.92. The van der Waals surface area contributed by atoms with Crippen LogP contribution in [0.15, 0.2) is 30.6 Å². The highest BCUT2D eigenvalue weighted by Gasteiger charge is 2.15. The van der Waals surface area contributed by atoms with Gasteiger partial charge in [0.1, 0.15) is 17.9 Å². The first-order valence-electron chi connectivity index (χ1n) is 6.94. The van der Waals surface area contributed by atoms with Crippen LogP contribution in [0.1, 0.15) is 37.7 Å². The fraction of sp³-hybridized carbons (Fsp3) is 0.400. The maximum atomic E-state index is 11.5. The highest BCUT2D eigenvalue weighted by atomic mass is 16.5. The van der Waals surface area contributed by atoms with Crippen LogP contribution in [0.5, 0.6) is 5.75 Å². The number of methoxy groups -OCH3 is 1. The van der Waals surface area contributed by atoms with E-state index in [0.717, 1.165) is 17.1 Å². The Hall–Kier alpha value is -2.37. The Morgan fingerprint density at radius 1 is 1.38 bits per heavy atom. The van der Waals surface area contributed by atoms with Crippen LogP contribution < -0.4 is 10.1 Å². The van der Waals surface area contributed by atoms with Gasteiger partial charge in [0, 0.05) is 6.42 Å². The lowest BCUT2D eigenvalue weighted by molar-refractivity contribution is -0.121. The number of ether oxygens (including phenoxy) is 1. The van der Waals surface area contributed by atoms with E-state index in [-0.39, 0.29) is 11.9 Å². The molecule has 6 nitrogen and oxygen atoms in total. The van der Waals surface area contributed by atoms with E-state index in [0.29, 0.717) is 13.0 Å². The van der Waals surface area contributed by atoms with Gasteiger partial charge in [0.15, 0.2) is 0 Å². The van der Waals surface area contributed by atoms with Crippen molar-refractivity contribution in [1.29, 1.82) is 0 Å². The average Bonchev–Trinajstić information content (AvgIpc) is 2.96. The Bertz CT molecular complexity index is 592. The molecule has 6 heteroatoms. The fourth-order valence-electron chi connectivity index (χ4n) is 2.04. The minimum absolute atomic E-state index is 0.00139. The lowest BCUT2D eigenvalue weighted by Crippen LogP contribution is -2.28. The van der Waals surface area contributed by atoms with Crippen LogP contribution >= 0.6 is 0 Å². The quantitative estimate of drug-likeness (QED) is 0.881. The molecule has 1 N–H and O–H groups in total. The van der Waals surface area contributed by atoms with Gasteiger partial charge in [-0.2, -0.15) is 5.10 Å². The topological polar surface area (TPSA) is 69.0 Å². The van der Waals surface area contributed by atoms with E-state index in [4.69, 9.17) is 4.74 Å². The van der Waals surface area contributed by atoms with Crippen molar-refractivity contribution in [3.8, 4) is 5.75 Å². The number of nitrogens with one attached hydrogen (secondary N) is 1. The van der Waals surface area contributed by atoms with E-state index in [1.54, 1.807) is 11.8 Å². The molecule has 1 heterocycles. The van der Waals surface area contributed by atoms with Crippen molar-refractivity contribution in [2.45, 2.75) is 32.9 Å². The monoisotopic (exact) mass is 288 g/mol. The number of carbonyl (C=O) groups is 1. The summed E-state index contributed by atoms with van der Waals surface area (Å²) in [6, 6.07) is 7.62. The van der Waals surface area contributed by atoms with Crippen molar-refractivity contribution in [2.24, 2.45) is 0 Å². The molecule has 2 aromatic rings. The van der Waals surface area contributed by atoms with E-state index >= 15 is 0 Å². The van der Waals surface area contributed by atoms with Crippen LogP contribution in [0.2, 0.25) is 0 Å². The zero-order valence-corrected chi connectivity index (χ0v) is 12.5. The Balaban J connectivity index is 2.10. The third-order valence-corrected chi connectivity index (χ3v) is 3.22. The van der Waals surface area contributed by atoms with Gasteiger partial charge >= 0.3 is 0 Å². The van der Waals surface area contributed by atoms with E-state index in [1.165, 1.54) is 6.33 Å². The van der Waals surface area contributed by atoms with Gasteiger partial charge in [0.2, 0.25) is 5.91 Å². The van der Waals surface area contributed by atoms with Crippen molar-refractivity contribution in [1.82, 2.24) is 20.1 Å². The van der Waals surface area contributed by atoms with Crippen LogP contribution in [0.25, 0.3) is 0 Å². The summed E-state index contributed by atoms with van der Waals surface area (Å²) in [6.45, 7) is 4.33. The second-order valence-electron chi connectivity index (χ2n) is 4.77. The summed E-state index contributed by atoms with van der Waals surface area (Å²) < 4.78 is 6.93. The predicted molar refractivity (Wildman–Crippen MR) is 79.0 cm³/mol. The smallest absolute Gasteiger partial charge is 0.220 e. The van der Waals surface area contributed by atoms with E-state index < -0.39 is 0 Å². The van der Waals surface area contributed by atoms with Crippen LogP contribution in [-0.2, 0) is 11.3 Å². The largest absolute Gasteiger partial charge is 0.497 e. The second-order valence-corrected chi connectivity index (χ2v) is 4.77. The van der Waals surface area contributed by atoms with Crippen molar-refractivity contribution in [3.05, 3.63) is 42.0 Å². The first-order valence-corrected chi connectivity index (χ1v) is 6.94. The average molecular weight is 288 g/mol. The number of amides is 1. The Labute approximate surface area is 124 Å². The van der Waals surface area contributed by atoms with E-state index in [1.807, 2.05) is 38.1 Å². The van der Waals surface area contributed by atoms with Crippen LogP contribution in [-0.4, -0.2) is 27.8 Å². The van der Waals surface area contributed by atoms with Gasteiger partial charge < -0.3 is 10.1 Å². The second kappa shape index (κ2) is 6.88. The third kappa shape index (κ3) is 3.81. The zero-order valence-electron chi connectivity index (χ0n) is 12.5. The highest BCUT2D eigenvalue weighted by molar-refractivity contribution is 5.75. The van der Waals surface area contributed by atoms with E-state index in [9.17, 15) is 4.79 Å². The molecule has 0 bridgehead atoms. The lowest BCUT2D eigenvalue weighted by atomic mass is 10.2. The molecule has 2 rings (SSSR count). The maximum absolute atomic E-state index is 11.5. The minimum atomic E-state index is -0.168. The maximum Gasteiger partial charge on any atom is 0.220 e. The molecule has 21 heavy (non-hydrogen) atoms. The van der Waals surface area contributed by atoms with Crippen molar-refractivity contribution >= 4 is 5.91 Å². The molecule has 1 unspecified atom stereocenters. The molecule has 0 aliphatic carbocycles. The first-order chi connectivity index (χ1) is 10.1. The van der Waals surface area contributed by atoms with Gasteiger partial charge in [-0.15, -0.1) is 0 Å². The fourth-order valence-corrected chi connectivity index (χ4v) is 2.04. The van der Waals surface area contributed by atoms with Crippen LogP contribution in [0, 0.1) is 0 Å². The summed E-state index contributed by atoms with van der Waals surface area (Å²) in [5.74, 6) is 1.57. The predicted octanol–water partition coefficient (Wildman–Crippen LogP) is 1.92. The normalized spacial score (nSPS) is 12.0. The molecule has 112 valence electrons. The summed E-state index contributed by atoms with van der Waals surface area (Å²) in [7, 11) is 1.64. The summed E-state index contributed by atoms with van der Waals surface area (Å²) in [5, 5.41) is 7.13. The van der Waals surface area contributed by atoms with Crippen molar-refractivity contribution in [2.75, 3.05) is 7.11 Å². The summed E-state index contributed by atoms with van der Waals surface area (Å²) in [6.07, 6.45) is 1.96. The Morgan fingerprint density at radius 2 is 2.10 bits per heavy atom. The summed E-state index contributed by atoms with van der Waals surface area (Å²) in [5.41, 5.74) is 1.09. The molecule has 0 radical (unpaired) electrons. The summed E-state index contributed by atoms with van der Waals surface area (Å²) in [4.78, 5) is 15.7. The number of hydrogen-bond donors (Lipinski definition) is 1. The van der Waals surface area contributed by atoms with Gasteiger partial charge in [-0.1, -0.05) is 19.1 Å². The standard InChI is InChI=1S/C15H20N4O2/c1-4-14(20)18-11(2)15-16-10-17-19(15)9-12-5-7-13(21-3)8-6-12/h5-8,10-11H,4,9H2,1-3H3,(H,18,20). The molecule has 1 aromatic heterocycles. The van der Waals surface area contributed by atoms with Crippen molar-refractivity contribution < 1.29 is 9.53 Å². The molecular formula is C15H20N4O2. The number of hydrogen-bond acceptors (Lipinski definition) is 4.